The van der Waals surface area contributed by atoms with Gasteiger partial charge < -0.3 is 16.4 Å². The van der Waals surface area contributed by atoms with Crippen LogP contribution in [0.3, 0.4) is 0 Å². The zero-order valence-corrected chi connectivity index (χ0v) is 16.4. The van der Waals surface area contributed by atoms with Gasteiger partial charge in [-0.05, 0) is 48.2 Å². The van der Waals surface area contributed by atoms with E-state index in [2.05, 4.69) is 27.7 Å². The third-order valence-corrected chi connectivity index (χ3v) is 5.18. The van der Waals surface area contributed by atoms with Gasteiger partial charge >= 0.3 is 6.03 Å². The first-order valence-corrected chi connectivity index (χ1v) is 9.77. The molecule has 1 aliphatic heterocycles. The maximum absolute atomic E-state index is 12.5. The molecule has 1 saturated heterocycles. The highest BCUT2D eigenvalue weighted by Crippen LogP contribution is 2.16. The fourth-order valence-electron chi connectivity index (χ4n) is 3.32. The van der Waals surface area contributed by atoms with E-state index in [9.17, 15) is 9.59 Å². The molecule has 7 heteroatoms. The summed E-state index contributed by atoms with van der Waals surface area (Å²) in [7, 11) is 0. The van der Waals surface area contributed by atoms with Crippen LogP contribution in [-0.2, 0) is 13.1 Å². The summed E-state index contributed by atoms with van der Waals surface area (Å²) < 4.78 is 0. The van der Waals surface area contributed by atoms with Crippen molar-refractivity contribution in [1.29, 1.82) is 0 Å². The lowest BCUT2D eigenvalue weighted by Gasteiger charge is -2.32. The standard InChI is InChI=1S/C21H25ClN4O2/c22-18-7-3-16(4-8-18)14-26-11-9-19(10-12-26)25-20(27)17-5-1-15(2-6-17)13-24-21(23)28/h1-8,19H,9-14H2,(H,25,27)(H3,23,24,28). The van der Waals surface area contributed by atoms with Crippen molar-refractivity contribution in [3.05, 3.63) is 70.2 Å². The van der Waals surface area contributed by atoms with Crippen molar-refractivity contribution >= 4 is 23.5 Å². The van der Waals surface area contributed by atoms with E-state index in [1.807, 2.05) is 24.3 Å². The smallest absolute Gasteiger partial charge is 0.312 e. The molecule has 3 rings (SSSR count). The van der Waals surface area contributed by atoms with Gasteiger partial charge in [-0.1, -0.05) is 35.9 Å². The molecule has 2 aromatic rings. The number of likely N-dealkylation sites (tertiary alicyclic amines) is 1. The summed E-state index contributed by atoms with van der Waals surface area (Å²) in [6.45, 7) is 3.15. The molecule has 3 amide bonds. The number of carbonyl (C=O) groups excluding carboxylic acids is 2. The van der Waals surface area contributed by atoms with Gasteiger partial charge in [0.15, 0.2) is 0 Å². The second-order valence-corrected chi connectivity index (χ2v) is 7.50. The Balaban J connectivity index is 1.44. The Labute approximate surface area is 170 Å². The number of nitrogens with zero attached hydrogens (tertiary/aromatic N) is 1. The number of primary amides is 1. The quantitative estimate of drug-likeness (QED) is 0.696. The molecule has 1 heterocycles. The van der Waals surface area contributed by atoms with Crippen molar-refractivity contribution in [1.82, 2.24) is 15.5 Å². The minimum Gasteiger partial charge on any atom is -0.352 e. The number of nitrogens with two attached hydrogens (primary N) is 1. The molecule has 4 N–H and O–H groups in total. The third kappa shape index (κ3) is 5.97. The highest BCUT2D eigenvalue weighted by Gasteiger charge is 2.21. The Morgan fingerprint density at radius 2 is 1.61 bits per heavy atom. The van der Waals surface area contributed by atoms with Crippen LogP contribution in [0.4, 0.5) is 4.79 Å². The van der Waals surface area contributed by atoms with Gasteiger partial charge in [0.2, 0.25) is 0 Å². The summed E-state index contributed by atoms with van der Waals surface area (Å²) in [5.74, 6) is -0.0643. The van der Waals surface area contributed by atoms with Crippen LogP contribution in [0, 0.1) is 0 Å². The van der Waals surface area contributed by atoms with Crippen molar-refractivity contribution in [2.24, 2.45) is 5.73 Å². The van der Waals surface area contributed by atoms with Gasteiger partial charge in [0.05, 0.1) is 0 Å². The molecule has 148 valence electrons. The fraction of sp³-hybridized carbons (Fsp3) is 0.333. The van der Waals surface area contributed by atoms with E-state index in [0.29, 0.717) is 12.1 Å². The number of benzene rings is 2. The molecule has 0 unspecified atom stereocenters. The molecule has 0 atom stereocenters. The van der Waals surface area contributed by atoms with Crippen molar-refractivity contribution < 1.29 is 9.59 Å². The van der Waals surface area contributed by atoms with Crippen LogP contribution < -0.4 is 16.4 Å². The molecule has 1 aliphatic rings. The Hall–Kier alpha value is -2.57. The number of hydrogen-bond donors (Lipinski definition) is 3. The first-order valence-electron chi connectivity index (χ1n) is 9.39. The highest BCUT2D eigenvalue weighted by atomic mass is 35.5. The van der Waals surface area contributed by atoms with Crippen molar-refractivity contribution in [2.75, 3.05) is 13.1 Å². The van der Waals surface area contributed by atoms with Gasteiger partial charge in [-0.25, -0.2) is 4.79 Å². The van der Waals surface area contributed by atoms with Crippen LogP contribution in [0.15, 0.2) is 48.5 Å². The van der Waals surface area contributed by atoms with E-state index < -0.39 is 6.03 Å². The number of piperidine rings is 1. The Kier molecular flexibility index (Phi) is 6.90. The summed E-state index contributed by atoms with van der Waals surface area (Å²) in [5, 5.41) is 6.40. The van der Waals surface area contributed by atoms with Gasteiger partial charge in [0.1, 0.15) is 0 Å². The summed E-state index contributed by atoms with van der Waals surface area (Å²) in [6.07, 6.45) is 1.86. The van der Waals surface area contributed by atoms with E-state index in [1.54, 1.807) is 12.1 Å². The maximum atomic E-state index is 12.5. The number of nitrogens with one attached hydrogen (secondary N) is 2. The average molecular weight is 401 g/mol. The first-order chi connectivity index (χ1) is 13.5. The number of rotatable bonds is 6. The van der Waals surface area contributed by atoms with Crippen LogP contribution in [0.2, 0.25) is 5.02 Å². The molecule has 6 nitrogen and oxygen atoms in total. The van der Waals surface area contributed by atoms with Crippen molar-refractivity contribution in [3.63, 3.8) is 0 Å². The molecular formula is C21H25ClN4O2. The summed E-state index contributed by atoms with van der Waals surface area (Å²) in [4.78, 5) is 25.6. The minimum absolute atomic E-state index is 0.0643. The summed E-state index contributed by atoms with van der Waals surface area (Å²) in [5.41, 5.74) is 7.82. The lowest BCUT2D eigenvalue weighted by atomic mass is 10.0. The largest absolute Gasteiger partial charge is 0.352 e. The third-order valence-electron chi connectivity index (χ3n) is 4.93. The number of hydrogen-bond acceptors (Lipinski definition) is 3. The van der Waals surface area contributed by atoms with Gasteiger partial charge in [-0.3, -0.25) is 9.69 Å². The summed E-state index contributed by atoms with van der Waals surface area (Å²) >= 11 is 5.93. The van der Waals surface area contributed by atoms with Crippen LogP contribution in [0.25, 0.3) is 0 Å². The Morgan fingerprint density at radius 1 is 1.00 bits per heavy atom. The second-order valence-electron chi connectivity index (χ2n) is 7.07. The molecule has 0 spiro atoms. The molecule has 28 heavy (non-hydrogen) atoms. The molecule has 0 radical (unpaired) electrons. The maximum Gasteiger partial charge on any atom is 0.312 e. The van der Waals surface area contributed by atoms with Crippen molar-refractivity contribution in [2.45, 2.75) is 32.0 Å². The van der Waals surface area contributed by atoms with Gasteiger partial charge in [0, 0.05) is 42.8 Å². The predicted octanol–water partition coefficient (Wildman–Crippen LogP) is 2.90. The van der Waals surface area contributed by atoms with Gasteiger partial charge in [0.25, 0.3) is 5.91 Å². The molecule has 1 fully saturated rings. The number of urea groups is 1. The summed E-state index contributed by atoms with van der Waals surface area (Å²) in [6, 6.07) is 14.7. The normalized spacial score (nSPS) is 15.2. The minimum atomic E-state index is -0.566. The van der Waals surface area contributed by atoms with Crippen molar-refractivity contribution in [3.8, 4) is 0 Å². The molecule has 0 aliphatic carbocycles. The Morgan fingerprint density at radius 3 is 2.21 bits per heavy atom. The molecule has 0 saturated carbocycles. The van der Waals surface area contributed by atoms with Crippen LogP contribution in [0.1, 0.15) is 34.3 Å². The van der Waals surface area contributed by atoms with E-state index in [-0.39, 0.29) is 11.9 Å². The topological polar surface area (TPSA) is 87.5 Å². The van der Waals surface area contributed by atoms with E-state index in [0.717, 1.165) is 43.1 Å². The van der Waals surface area contributed by atoms with Crippen LogP contribution >= 0.6 is 11.6 Å². The van der Waals surface area contributed by atoms with E-state index in [4.69, 9.17) is 17.3 Å². The SMILES string of the molecule is NC(=O)NCc1ccc(C(=O)NC2CCN(Cc3ccc(Cl)cc3)CC2)cc1. The molecule has 0 bridgehead atoms. The number of halogens is 1. The zero-order chi connectivity index (χ0) is 19.9. The lowest BCUT2D eigenvalue weighted by molar-refractivity contribution is 0.0909. The molecular weight excluding hydrogens is 376 g/mol. The van der Waals surface area contributed by atoms with E-state index in [1.165, 1.54) is 5.56 Å². The van der Waals surface area contributed by atoms with Gasteiger partial charge in [-0.15, -0.1) is 0 Å². The zero-order valence-electron chi connectivity index (χ0n) is 15.7. The first kappa shape index (κ1) is 20.2. The van der Waals surface area contributed by atoms with Crippen LogP contribution in [0.5, 0.6) is 0 Å². The highest BCUT2D eigenvalue weighted by molar-refractivity contribution is 6.30. The van der Waals surface area contributed by atoms with Crippen LogP contribution in [-0.4, -0.2) is 36.0 Å². The lowest BCUT2D eigenvalue weighted by Crippen LogP contribution is -2.44. The molecule has 0 aromatic heterocycles. The average Bonchev–Trinajstić information content (AvgIpc) is 2.70. The second kappa shape index (κ2) is 9.57. The predicted molar refractivity (Wildman–Crippen MR) is 110 cm³/mol. The fourth-order valence-corrected chi connectivity index (χ4v) is 3.44. The van der Waals surface area contributed by atoms with E-state index >= 15 is 0 Å². The number of carbonyl (C=O) groups is 2. The Bertz CT molecular complexity index is 800. The molecule has 2 aromatic carbocycles. The van der Waals surface area contributed by atoms with Gasteiger partial charge in [-0.2, -0.15) is 0 Å². The number of amides is 3. The monoisotopic (exact) mass is 400 g/mol.